The lowest BCUT2D eigenvalue weighted by atomic mass is 10.1. The number of carbonyl (C=O) groups excluding carboxylic acids is 1. The summed E-state index contributed by atoms with van der Waals surface area (Å²) in [7, 11) is -3.69. The fourth-order valence-electron chi connectivity index (χ4n) is 3.49. The smallest absolute Gasteiger partial charge is 0.243 e. The minimum atomic E-state index is -3.69. The zero-order chi connectivity index (χ0) is 18.0. The van der Waals surface area contributed by atoms with E-state index in [0.717, 1.165) is 19.4 Å². The monoisotopic (exact) mass is 362 g/mol. The number of nitriles is 1. The van der Waals surface area contributed by atoms with Crippen LogP contribution < -0.4 is 5.32 Å². The van der Waals surface area contributed by atoms with E-state index in [9.17, 15) is 13.2 Å². The maximum absolute atomic E-state index is 13.1. The second-order valence-electron chi connectivity index (χ2n) is 6.52. The maximum Gasteiger partial charge on any atom is 0.243 e. The highest BCUT2D eigenvalue weighted by Crippen LogP contribution is 2.26. The topological polar surface area (TPSA) is 93.5 Å². The highest BCUT2D eigenvalue weighted by atomic mass is 32.2. The van der Waals surface area contributed by atoms with Gasteiger partial charge in [-0.1, -0.05) is 6.07 Å². The molecule has 2 aliphatic rings. The van der Waals surface area contributed by atoms with Gasteiger partial charge in [0.1, 0.15) is 0 Å². The Hall–Kier alpha value is -1.95. The Kier molecular flexibility index (Phi) is 5.08. The van der Waals surface area contributed by atoms with Crippen molar-refractivity contribution in [2.24, 2.45) is 0 Å². The fraction of sp³-hybridized carbons (Fsp3) is 0.529. The van der Waals surface area contributed by atoms with Gasteiger partial charge in [-0.25, -0.2) is 8.42 Å². The summed E-state index contributed by atoms with van der Waals surface area (Å²) in [5, 5.41) is 12.1. The Morgan fingerprint density at radius 3 is 2.84 bits per heavy atom. The van der Waals surface area contributed by atoms with Crippen molar-refractivity contribution in [3.05, 3.63) is 29.3 Å². The van der Waals surface area contributed by atoms with E-state index in [4.69, 9.17) is 5.26 Å². The Bertz CT molecular complexity index is 816. The van der Waals surface area contributed by atoms with E-state index >= 15 is 0 Å². The highest BCUT2D eigenvalue weighted by Gasteiger charge is 2.35. The van der Waals surface area contributed by atoms with Crippen molar-refractivity contribution in [1.29, 1.82) is 5.26 Å². The number of sulfonamides is 1. The van der Waals surface area contributed by atoms with Crippen LogP contribution in [-0.4, -0.2) is 62.3 Å². The first kappa shape index (κ1) is 17.9. The summed E-state index contributed by atoms with van der Waals surface area (Å²) in [6.07, 6.45) is 1.53. The SMILES string of the molecule is Cc1ccc(C#N)cc1S(=O)(=O)N1CCCC(N2CCNCC2=O)C1. The third kappa shape index (κ3) is 3.54. The first-order chi connectivity index (χ1) is 11.9. The molecule has 1 aromatic carbocycles. The molecular weight excluding hydrogens is 340 g/mol. The normalized spacial score (nSPS) is 22.6. The van der Waals surface area contributed by atoms with Crippen molar-refractivity contribution in [3.8, 4) is 6.07 Å². The van der Waals surface area contributed by atoms with Crippen molar-refractivity contribution in [2.75, 3.05) is 32.7 Å². The number of piperidine rings is 1. The van der Waals surface area contributed by atoms with E-state index in [2.05, 4.69) is 5.32 Å². The molecule has 3 rings (SSSR count). The van der Waals surface area contributed by atoms with Crippen molar-refractivity contribution in [3.63, 3.8) is 0 Å². The van der Waals surface area contributed by atoms with Gasteiger partial charge in [-0.05, 0) is 37.5 Å². The average molecular weight is 362 g/mol. The molecule has 134 valence electrons. The van der Waals surface area contributed by atoms with Gasteiger partial charge in [-0.2, -0.15) is 9.57 Å². The minimum absolute atomic E-state index is 0.0261. The average Bonchev–Trinajstić information content (AvgIpc) is 2.62. The zero-order valence-corrected chi connectivity index (χ0v) is 15.1. The molecule has 7 nitrogen and oxygen atoms in total. The summed E-state index contributed by atoms with van der Waals surface area (Å²) in [4.78, 5) is 14.1. The predicted molar refractivity (Wildman–Crippen MR) is 92.3 cm³/mol. The Labute approximate surface area is 148 Å². The van der Waals surface area contributed by atoms with Crippen LogP contribution in [0.4, 0.5) is 0 Å². The van der Waals surface area contributed by atoms with Crippen LogP contribution in [0.15, 0.2) is 23.1 Å². The van der Waals surface area contributed by atoms with Gasteiger partial charge in [0.25, 0.3) is 0 Å². The molecule has 2 aliphatic heterocycles. The van der Waals surface area contributed by atoms with Gasteiger partial charge in [-0.15, -0.1) is 0 Å². The number of aryl methyl sites for hydroxylation is 1. The molecule has 1 unspecified atom stereocenters. The van der Waals surface area contributed by atoms with Crippen LogP contribution in [0.5, 0.6) is 0 Å². The van der Waals surface area contributed by atoms with Crippen LogP contribution >= 0.6 is 0 Å². The molecular formula is C17H22N4O3S. The molecule has 0 aromatic heterocycles. The summed E-state index contributed by atoms with van der Waals surface area (Å²) in [5.41, 5.74) is 0.953. The van der Waals surface area contributed by atoms with Crippen molar-refractivity contribution < 1.29 is 13.2 Å². The number of rotatable bonds is 3. The van der Waals surface area contributed by atoms with E-state index in [1.807, 2.05) is 6.07 Å². The van der Waals surface area contributed by atoms with Gasteiger partial charge < -0.3 is 10.2 Å². The molecule has 1 N–H and O–H groups in total. The van der Waals surface area contributed by atoms with Gasteiger partial charge in [0, 0.05) is 32.2 Å². The quantitative estimate of drug-likeness (QED) is 0.843. The van der Waals surface area contributed by atoms with Crippen LogP contribution in [-0.2, 0) is 14.8 Å². The molecule has 2 fully saturated rings. The van der Waals surface area contributed by atoms with Crippen LogP contribution in [0.25, 0.3) is 0 Å². The van der Waals surface area contributed by atoms with Crippen LogP contribution in [0, 0.1) is 18.3 Å². The third-order valence-electron chi connectivity index (χ3n) is 4.86. The number of hydrogen-bond acceptors (Lipinski definition) is 5. The first-order valence-corrected chi connectivity index (χ1v) is 9.88. The summed E-state index contributed by atoms with van der Waals surface area (Å²) in [6, 6.07) is 6.62. The lowest BCUT2D eigenvalue weighted by Gasteiger charge is -2.40. The fourth-order valence-corrected chi connectivity index (χ4v) is 5.25. The molecule has 0 saturated carbocycles. The molecule has 8 heteroatoms. The zero-order valence-electron chi connectivity index (χ0n) is 14.2. The predicted octanol–water partition coefficient (Wildman–Crippen LogP) is 0.452. The van der Waals surface area contributed by atoms with E-state index in [1.165, 1.54) is 10.4 Å². The Morgan fingerprint density at radius 1 is 1.32 bits per heavy atom. The summed E-state index contributed by atoms with van der Waals surface area (Å²) < 4.78 is 27.6. The largest absolute Gasteiger partial charge is 0.336 e. The molecule has 1 atom stereocenters. The van der Waals surface area contributed by atoms with Crippen molar-refractivity contribution in [1.82, 2.24) is 14.5 Å². The number of nitrogens with zero attached hydrogens (tertiary/aromatic N) is 3. The van der Waals surface area contributed by atoms with E-state index in [1.54, 1.807) is 24.0 Å². The van der Waals surface area contributed by atoms with E-state index in [0.29, 0.717) is 37.3 Å². The van der Waals surface area contributed by atoms with Crippen LogP contribution in [0.3, 0.4) is 0 Å². The highest BCUT2D eigenvalue weighted by molar-refractivity contribution is 7.89. The molecule has 1 aromatic rings. The molecule has 0 spiro atoms. The van der Waals surface area contributed by atoms with Gasteiger partial charge >= 0.3 is 0 Å². The molecule has 1 amide bonds. The maximum atomic E-state index is 13.1. The van der Waals surface area contributed by atoms with Crippen LogP contribution in [0.2, 0.25) is 0 Å². The Morgan fingerprint density at radius 2 is 2.12 bits per heavy atom. The van der Waals surface area contributed by atoms with Crippen molar-refractivity contribution in [2.45, 2.75) is 30.7 Å². The summed E-state index contributed by atoms with van der Waals surface area (Å²) >= 11 is 0. The van der Waals surface area contributed by atoms with Gasteiger partial charge in [0.2, 0.25) is 15.9 Å². The number of benzene rings is 1. The van der Waals surface area contributed by atoms with E-state index in [-0.39, 0.29) is 16.8 Å². The Balaban J connectivity index is 1.85. The number of nitrogens with one attached hydrogen (secondary N) is 1. The molecule has 0 bridgehead atoms. The first-order valence-electron chi connectivity index (χ1n) is 8.44. The standard InChI is InChI=1S/C17H22N4O3S/c1-13-4-5-14(10-18)9-16(13)25(23,24)20-7-2-3-15(12-20)21-8-6-19-11-17(21)22/h4-5,9,15,19H,2-3,6-8,11-12H2,1H3. The van der Waals surface area contributed by atoms with Gasteiger partial charge in [-0.3, -0.25) is 4.79 Å². The summed E-state index contributed by atoms with van der Waals surface area (Å²) in [5.74, 6) is 0.0261. The number of amides is 1. The molecule has 2 saturated heterocycles. The van der Waals surface area contributed by atoms with Crippen LogP contribution in [0.1, 0.15) is 24.0 Å². The van der Waals surface area contributed by atoms with E-state index < -0.39 is 10.0 Å². The second-order valence-corrected chi connectivity index (χ2v) is 8.42. The van der Waals surface area contributed by atoms with Gasteiger partial charge in [0.05, 0.1) is 23.1 Å². The van der Waals surface area contributed by atoms with Crippen molar-refractivity contribution >= 4 is 15.9 Å². The van der Waals surface area contributed by atoms with Gasteiger partial charge in [0.15, 0.2) is 0 Å². The molecule has 0 aliphatic carbocycles. The summed E-state index contributed by atoms with van der Waals surface area (Å²) in [6.45, 7) is 4.14. The minimum Gasteiger partial charge on any atom is -0.336 e. The lowest BCUT2D eigenvalue weighted by molar-refractivity contribution is -0.135. The second kappa shape index (κ2) is 7.12. The lowest BCUT2D eigenvalue weighted by Crippen LogP contribution is -2.57. The molecule has 2 heterocycles. The third-order valence-corrected chi connectivity index (χ3v) is 6.87. The number of carbonyl (C=O) groups is 1. The number of piperazine rings is 1. The number of hydrogen-bond donors (Lipinski definition) is 1. The molecule has 25 heavy (non-hydrogen) atoms. The molecule has 0 radical (unpaired) electrons.